The summed E-state index contributed by atoms with van der Waals surface area (Å²) in [4.78, 5) is 12.0. The molecule has 6 heteroatoms. The Balaban J connectivity index is 2.64. The van der Waals surface area contributed by atoms with Gasteiger partial charge in [-0.1, -0.05) is 38.3 Å². The maximum absolute atomic E-state index is 11.9. The normalized spacial score (nSPS) is 12.7. The number of hydrogen-bond donors (Lipinski definition) is 2. The maximum Gasteiger partial charge on any atom is 0.319 e. The molecule has 2 amide bonds. The predicted octanol–water partition coefficient (Wildman–Crippen LogP) is 3.18. The van der Waals surface area contributed by atoms with Gasteiger partial charge in [-0.15, -0.1) is 0 Å². The number of anilines is 1. The molecule has 0 radical (unpaired) electrons. The van der Waals surface area contributed by atoms with Crippen LogP contribution in [0.15, 0.2) is 29.2 Å². The Kier molecular flexibility index (Phi) is 6.68. The Bertz CT molecular complexity index is 570. The number of amides is 2. The smallest absolute Gasteiger partial charge is 0.319 e. The van der Waals surface area contributed by atoms with Gasteiger partial charge in [0.05, 0.1) is 10.6 Å². The molecule has 1 atom stereocenters. The molecule has 1 unspecified atom stereocenters. The third-order valence-electron chi connectivity index (χ3n) is 3.15. The van der Waals surface area contributed by atoms with Crippen LogP contribution in [0.4, 0.5) is 10.5 Å². The topological polar surface area (TPSA) is 75.3 Å². The highest BCUT2D eigenvalue weighted by Crippen LogP contribution is 2.20. The van der Waals surface area contributed by atoms with E-state index >= 15 is 0 Å². The van der Waals surface area contributed by atoms with E-state index in [2.05, 4.69) is 17.6 Å². The molecule has 2 N–H and O–H groups in total. The van der Waals surface area contributed by atoms with E-state index in [4.69, 9.17) is 0 Å². The van der Waals surface area contributed by atoms with Crippen LogP contribution < -0.4 is 10.6 Å². The zero-order chi connectivity index (χ0) is 15.9. The average molecular weight is 312 g/mol. The van der Waals surface area contributed by atoms with Crippen molar-refractivity contribution < 1.29 is 13.2 Å². The van der Waals surface area contributed by atoms with Crippen molar-refractivity contribution in [2.45, 2.75) is 50.5 Å². The zero-order valence-electron chi connectivity index (χ0n) is 12.8. The molecule has 5 nitrogen and oxygen atoms in total. The number of nitrogens with one attached hydrogen (secondary N) is 2. The third-order valence-corrected chi connectivity index (χ3v) is 4.31. The van der Waals surface area contributed by atoms with Gasteiger partial charge in [0.2, 0.25) is 0 Å². The highest BCUT2D eigenvalue weighted by molar-refractivity contribution is 7.90. The quantitative estimate of drug-likeness (QED) is 0.759. The summed E-state index contributed by atoms with van der Waals surface area (Å²) in [6, 6.07) is 6.06. The van der Waals surface area contributed by atoms with Crippen LogP contribution in [0.3, 0.4) is 0 Å². The minimum Gasteiger partial charge on any atom is -0.335 e. The van der Waals surface area contributed by atoms with E-state index < -0.39 is 9.84 Å². The number of carbonyl (C=O) groups excluding carboxylic acids is 1. The number of benzene rings is 1. The molecule has 0 saturated heterocycles. The first-order valence-electron chi connectivity index (χ1n) is 7.21. The van der Waals surface area contributed by atoms with Gasteiger partial charge in [-0.05, 0) is 25.5 Å². The van der Waals surface area contributed by atoms with Crippen LogP contribution in [0.5, 0.6) is 0 Å². The van der Waals surface area contributed by atoms with Gasteiger partial charge in [-0.3, -0.25) is 0 Å². The van der Waals surface area contributed by atoms with Gasteiger partial charge >= 0.3 is 6.03 Å². The Hall–Kier alpha value is -1.56. The molecule has 21 heavy (non-hydrogen) atoms. The SMILES string of the molecule is CCCCCC(C)NC(=O)Nc1ccccc1S(C)(=O)=O. The second kappa shape index (κ2) is 8.02. The predicted molar refractivity (Wildman–Crippen MR) is 85.3 cm³/mol. The molecule has 0 aliphatic rings. The summed E-state index contributed by atoms with van der Waals surface area (Å²) in [5.74, 6) is 0. The standard InChI is InChI=1S/C15H24N2O3S/c1-4-5-6-9-12(2)16-15(18)17-13-10-7-8-11-14(13)21(3,19)20/h7-8,10-12H,4-6,9H2,1-3H3,(H2,16,17,18). The molecule has 1 rings (SSSR count). The summed E-state index contributed by atoms with van der Waals surface area (Å²) >= 11 is 0. The molecular weight excluding hydrogens is 288 g/mol. The maximum atomic E-state index is 11.9. The molecule has 0 spiro atoms. The summed E-state index contributed by atoms with van der Waals surface area (Å²) < 4.78 is 23.3. The molecule has 0 fully saturated rings. The van der Waals surface area contributed by atoms with E-state index in [0.29, 0.717) is 5.69 Å². The van der Waals surface area contributed by atoms with Crippen molar-refractivity contribution in [3.05, 3.63) is 24.3 Å². The number of hydrogen-bond acceptors (Lipinski definition) is 3. The van der Waals surface area contributed by atoms with Crippen molar-refractivity contribution in [2.24, 2.45) is 0 Å². The van der Waals surface area contributed by atoms with Crippen LogP contribution in [-0.4, -0.2) is 26.7 Å². The van der Waals surface area contributed by atoms with E-state index in [9.17, 15) is 13.2 Å². The molecule has 0 saturated carbocycles. The largest absolute Gasteiger partial charge is 0.335 e. The molecule has 0 aliphatic carbocycles. The molecule has 0 aromatic heterocycles. The average Bonchev–Trinajstić information content (AvgIpc) is 2.38. The van der Waals surface area contributed by atoms with Gasteiger partial charge in [0, 0.05) is 12.3 Å². The van der Waals surface area contributed by atoms with Crippen molar-refractivity contribution in [3.63, 3.8) is 0 Å². The van der Waals surface area contributed by atoms with Gasteiger partial charge in [0.25, 0.3) is 0 Å². The highest BCUT2D eigenvalue weighted by atomic mass is 32.2. The molecular formula is C15H24N2O3S. The Morgan fingerprint density at radius 3 is 2.52 bits per heavy atom. The van der Waals surface area contributed by atoms with E-state index in [1.165, 1.54) is 6.07 Å². The highest BCUT2D eigenvalue weighted by Gasteiger charge is 2.15. The first-order valence-corrected chi connectivity index (χ1v) is 9.10. The van der Waals surface area contributed by atoms with Crippen LogP contribution in [0.2, 0.25) is 0 Å². The first-order chi connectivity index (χ1) is 9.84. The fraction of sp³-hybridized carbons (Fsp3) is 0.533. The summed E-state index contributed by atoms with van der Waals surface area (Å²) in [7, 11) is -3.37. The molecule has 0 aliphatic heterocycles. The van der Waals surface area contributed by atoms with Crippen molar-refractivity contribution in [1.29, 1.82) is 0 Å². The number of para-hydroxylation sites is 1. The fourth-order valence-corrected chi connectivity index (χ4v) is 2.89. The summed E-state index contributed by atoms with van der Waals surface area (Å²) in [5.41, 5.74) is 0.304. The fourth-order valence-electron chi connectivity index (χ4n) is 2.05. The van der Waals surface area contributed by atoms with E-state index in [1.54, 1.807) is 18.2 Å². The Labute approximate surface area is 127 Å². The molecule has 1 aromatic rings. The second-order valence-corrected chi connectivity index (χ2v) is 7.25. The van der Waals surface area contributed by atoms with E-state index in [1.807, 2.05) is 6.92 Å². The first kappa shape index (κ1) is 17.5. The van der Waals surface area contributed by atoms with E-state index in [-0.39, 0.29) is 17.0 Å². The lowest BCUT2D eigenvalue weighted by atomic mass is 10.1. The third kappa shape index (κ3) is 6.16. The number of rotatable bonds is 7. The van der Waals surface area contributed by atoms with Crippen LogP contribution in [-0.2, 0) is 9.84 Å². The summed E-state index contributed by atoms with van der Waals surface area (Å²) in [5, 5.41) is 5.43. The molecule has 1 aromatic carbocycles. The second-order valence-electron chi connectivity index (χ2n) is 5.26. The lowest BCUT2D eigenvalue weighted by Crippen LogP contribution is -2.36. The Morgan fingerprint density at radius 1 is 1.24 bits per heavy atom. The number of sulfone groups is 1. The van der Waals surface area contributed by atoms with Crippen molar-refractivity contribution >= 4 is 21.6 Å². The Morgan fingerprint density at radius 2 is 1.90 bits per heavy atom. The lowest BCUT2D eigenvalue weighted by Gasteiger charge is -2.15. The lowest BCUT2D eigenvalue weighted by molar-refractivity contribution is 0.248. The minimum absolute atomic E-state index is 0.0574. The number of carbonyl (C=O) groups is 1. The monoisotopic (exact) mass is 312 g/mol. The van der Waals surface area contributed by atoms with Crippen molar-refractivity contribution in [1.82, 2.24) is 5.32 Å². The summed E-state index contributed by atoms with van der Waals surface area (Å²) in [6.07, 6.45) is 5.39. The van der Waals surface area contributed by atoms with E-state index in [0.717, 1.165) is 31.9 Å². The number of unbranched alkanes of at least 4 members (excludes halogenated alkanes) is 2. The van der Waals surface area contributed by atoms with Crippen LogP contribution in [0.25, 0.3) is 0 Å². The van der Waals surface area contributed by atoms with Gasteiger partial charge in [-0.2, -0.15) is 0 Å². The van der Waals surface area contributed by atoms with Crippen molar-refractivity contribution in [2.75, 3.05) is 11.6 Å². The summed E-state index contributed by atoms with van der Waals surface area (Å²) in [6.45, 7) is 4.07. The molecule has 0 bridgehead atoms. The van der Waals surface area contributed by atoms with Crippen LogP contribution in [0.1, 0.15) is 39.5 Å². The number of urea groups is 1. The van der Waals surface area contributed by atoms with Gasteiger partial charge < -0.3 is 10.6 Å². The molecule has 0 heterocycles. The van der Waals surface area contributed by atoms with Gasteiger partial charge in [-0.25, -0.2) is 13.2 Å². The minimum atomic E-state index is -3.37. The van der Waals surface area contributed by atoms with Crippen molar-refractivity contribution in [3.8, 4) is 0 Å². The molecule has 118 valence electrons. The van der Waals surface area contributed by atoms with Gasteiger partial charge in [0.15, 0.2) is 9.84 Å². The van der Waals surface area contributed by atoms with Crippen LogP contribution >= 0.6 is 0 Å². The van der Waals surface area contributed by atoms with Crippen LogP contribution in [0, 0.1) is 0 Å². The zero-order valence-corrected chi connectivity index (χ0v) is 13.7. The van der Waals surface area contributed by atoms with Gasteiger partial charge in [0.1, 0.15) is 0 Å².